The summed E-state index contributed by atoms with van der Waals surface area (Å²) in [7, 11) is 0. The Balaban J connectivity index is 3.28. The van der Waals surface area contributed by atoms with Crippen molar-refractivity contribution in [2.45, 2.75) is 0 Å². The zero-order valence-corrected chi connectivity index (χ0v) is 7.71. The number of carboxylic acids is 1. The highest BCUT2D eigenvalue weighted by molar-refractivity contribution is 5.92. The fraction of sp³-hybridized carbons (Fsp3) is 0.100. The Kier molecular flexibility index (Phi) is 3.51. The second-order valence-corrected chi connectivity index (χ2v) is 2.80. The van der Waals surface area contributed by atoms with Crippen LogP contribution < -0.4 is 5.73 Å². The molecule has 0 radical (unpaired) electrons. The average Bonchev–Trinajstić information content (AvgIpc) is 2.19. The quantitative estimate of drug-likeness (QED) is 0.802. The molecule has 80 valence electrons. The van der Waals surface area contributed by atoms with Crippen molar-refractivity contribution in [3.05, 3.63) is 41.0 Å². The molecule has 15 heavy (non-hydrogen) atoms. The van der Waals surface area contributed by atoms with E-state index in [4.69, 9.17) is 10.8 Å². The van der Waals surface area contributed by atoms with Gasteiger partial charge >= 0.3 is 5.97 Å². The van der Waals surface area contributed by atoms with Gasteiger partial charge in [-0.3, -0.25) is 0 Å². The maximum absolute atomic E-state index is 12.8. The molecular weight excluding hydrogens is 204 g/mol. The lowest BCUT2D eigenvalue weighted by molar-refractivity contribution is 0.0696. The van der Waals surface area contributed by atoms with Crippen molar-refractivity contribution >= 4 is 12.0 Å². The molecule has 0 bridgehead atoms. The van der Waals surface area contributed by atoms with Gasteiger partial charge in [-0.05, 0) is 17.7 Å². The van der Waals surface area contributed by atoms with Gasteiger partial charge in [0.15, 0.2) is 11.6 Å². The number of hydrogen-bond acceptors (Lipinski definition) is 2. The van der Waals surface area contributed by atoms with Crippen LogP contribution in [0.4, 0.5) is 8.78 Å². The third kappa shape index (κ3) is 2.60. The molecule has 0 aliphatic rings. The number of aromatic carboxylic acids is 1. The summed E-state index contributed by atoms with van der Waals surface area (Å²) in [5.74, 6) is -3.58. The third-order valence-electron chi connectivity index (χ3n) is 1.76. The van der Waals surface area contributed by atoms with E-state index in [2.05, 4.69) is 0 Å². The van der Waals surface area contributed by atoms with Gasteiger partial charge in [-0.25, -0.2) is 13.6 Å². The van der Waals surface area contributed by atoms with Crippen LogP contribution in [0.1, 0.15) is 15.9 Å². The molecule has 5 heteroatoms. The minimum atomic E-state index is -1.31. The van der Waals surface area contributed by atoms with Gasteiger partial charge in [-0.2, -0.15) is 0 Å². The van der Waals surface area contributed by atoms with E-state index < -0.39 is 17.6 Å². The van der Waals surface area contributed by atoms with E-state index in [1.807, 2.05) is 0 Å². The molecule has 0 fully saturated rings. The normalized spacial score (nSPS) is 10.9. The largest absolute Gasteiger partial charge is 0.478 e. The molecule has 0 atom stereocenters. The summed E-state index contributed by atoms with van der Waals surface area (Å²) in [6.45, 7) is 0.193. The second kappa shape index (κ2) is 4.65. The van der Waals surface area contributed by atoms with Crippen LogP contribution in [0.15, 0.2) is 18.2 Å². The van der Waals surface area contributed by atoms with E-state index in [-0.39, 0.29) is 17.7 Å². The van der Waals surface area contributed by atoms with E-state index in [9.17, 15) is 13.6 Å². The Morgan fingerprint density at radius 3 is 2.53 bits per heavy atom. The predicted molar refractivity (Wildman–Crippen MR) is 51.4 cm³/mol. The Morgan fingerprint density at radius 1 is 1.40 bits per heavy atom. The maximum atomic E-state index is 12.8. The Labute approximate surface area is 84.8 Å². The minimum absolute atomic E-state index is 0.0897. The second-order valence-electron chi connectivity index (χ2n) is 2.80. The molecule has 0 aromatic heterocycles. The number of carbonyl (C=O) groups is 1. The van der Waals surface area contributed by atoms with Gasteiger partial charge in [0.25, 0.3) is 0 Å². The lowest BCUT2D eigenvalue weighted by Gasteiger charge is -2.02. The number of hydrogen-bond donors (Lipinski definition) is 2. The van der Waals surface area contributed by atoms with E-state index in [0.717, 1.165) is 6.07 Å². The van der Waals surface area contributed by atoms with Crippen LogP contribution >= 0.6 is 0 Å². The molecule has 1 aromatic rings. The SMILES string of the molecule is NCC=Cc1cc(F)c(F)cc1C(=O)O. The van der Waals surface area contributed by atoms with Crippen LogP contribution in [-0.2, 0) is 0 Å². The van der Waals surface area contributed by atoms with Gasteiger partial charge in [-0.15, -0.1) is 0 Å². The summed E-state index contributed by atoms with van der Waals surface area (Å²) in [5.41, 5.74) is 4.97. The van der Waals surface area contributed by atoms with Crippen LogP contribution in [0.2, 0.25) is 0 Å². The minimum Gasteiger partial charge on any atom is -0.478 e. The lowest BCUT2D eigenvalue weighted by atomic mass is 10.1. The van der Waals surface area contributed by atoms with Crippen LogP contribution in [0.25, 0.3) is 6.08 Å². The van der Waals surface area contributed by atoms with Crippen molar-refractivity contribution in [2.75, 3.05) is 6.54 Å². The molecule has 0 saturated heterocycles. The first-order valence-corrected chi connectivity index (χ1v) is 4.15. The van der Waals surface area contributed by atoms with Crippen molar-refractivity contribution in [3.8, 4) is 0 Å². The Bertz CT molecular complexity index is 416. The molecule has 0 amide bonds. The molecule has 3 N–H and O–H groups in total. The Hall–Kier alpha value is -1.75. The number of nitrogens with two attached hydrogens (primary N) is 1. The van der Waals surface area contributed by atoms with Gasteiger partial charge in [-0.1, -0.05) is 12.2 Å². The van der Waals surface area contributed by atoms with Gasteiger partial charge in [0.1, 0.15) is 0 Å². The summed E-state index contributed by atoms with van der Waals surface area (Å²) in [6.07, 6.45) is 2.80. The average molecular weight is 213 g/mol. The highest BCUT2D eigenvalue weighted by atomic mass is 19.2. The van der Waals surface area contributed by atoms with Crippen molar-refractivity contribution in [1.82, 2.24) is 0 Å². The lowest BCUT2D eigenvalue weighted by Crippen LogP contribution is -2.02. The van der Waals surface area contributed by atoms with E-state index >= 15 is 0 Å². The summed E-state index contributed by atoms with van der Waals surface area (Å²) in [6, 6.07) is 1.47. The molecule has 0 aliphatic carbocycles. The molecule has 0 heterocycles. The first-order chi connectivity index (χ1) is 7.06. The third-order valence-corrected chi connectivity index (χ3v) is 1.76. The Morgan fingerprint density at radius 2 is 2.00 bits per heavy atom. The number of rotatable bonds is 3. The molecule has 0 unspecified atom stereocenters. The topological polar surface area (TPSA) is 63.3 Å². The number of benzene rings is 1. The zero-order valence-electron chi connectivity index (χ0n) is 7.71. The standard InChI is InChI=1S/C10H9F2NO2/c11-8-4-6(2-1-3-13)7(10(14)15)5-9(8)12/h1-2,4-5H,3,13H2,(H,14,15). The first-order valence-electron chi connectivity index (χ1n) is 4.15. The van der Waals surface area contributed by atoms with Crippen LogP contribution in [0.5, 0.6) is 0 Å². The zero-order chi connectivity index (χ0) is 11.4. The van der Waals surface area contributed by atoms with Crippen LogP contribution in [-0.4, -0.2) is 17.6 Å². The summed E-state index contributed by atoms with van der Waals surface area (Å²) in [4.78, 5) is 10.7. The van der Waals surface area contributed by atoms with Crippen molar-refractivity contribution in [2.24, 2.45) is 5.73 Å². The van der Waals surface area contributed by atoms with Gasteiger partial charge in [0.05, 0.1) is 5.56 Å². The monoisotopic (exact) mass is 213 g/mol. The fourth-order valence-electron chi connectivity index (χ4n) is 1.08. The summed E-state index contributed by atoms with van der Waals surface area (Å²) >= 11 is 0. The van der Waals surface area contributed by atoms with Gasteiger partial charge in [0.2, 0.25) is 0 Å². The molecule has 1 rings (SSSR count). The molecular formula is C10H9F2NO2. The van der Waals surface area contributed by atoms with Gasteiger partial charge in [0, 0.05) is 6.54 Å². The van der Waals surface area contributed by atoms with Gasteiger partial charge < -0.3 is 10.8 Å². The van der Waals surface area contributed by atoms with E-state index in [0.29, 0.717) is 6.07 Å². The van der Waals surface area contributed by atoms with E-state index in [1.54, 1.807) is 0 Å². The number of halogens is 2. The highest BCUT2D eigenvalue weighted by Gasteiger charge is 2.13. The molecule has 0 saturated carbocycles. The van der Waals surface area contributed by atoms with Crippen molar-refractivity contribution < 1.29 is 18.7 Å². The molecule has 0 aliphatic heterocycles. The summed E-state index contributed by atoms with van der Waals surface area (Å²) < 4.78 is 25.6. The van der Waals surface area contributed by atoms with E-state index in [1.165, 1.54) is 12.2 Å². The predicted octanol–water partition coefficient (Wildman–Crippen LogP) is 1.63. The highest BCUT2D eigenvalue weighted by Crippen LogP contribution is 2.16. The first kappa shape index (κ1) is 11.3. The number of carboxylic acid groups (broad SMARTS) is 1. The summed E-state index contributed by atoms with van der Waals surface area (Å²) in [5, 5.41) is 8.73. The van der Waals surface area contributed by atoms with Crippen LogP contribution in [0.3, 0.4) is 0 Å². The molecule has 1 aromatic carbocycles. The van der Waals surface area contributed by atoms with Crippen LogP contribution in [0, 0.1) is 11.6 Å². The van der Waals surface area contributed by atoms with Crippen molar-refractivity contribution in [1.29, 1.82) is 0 Å². The molecule has 3 nitrogen and oxygen atoms in total. The molecule has 0 spiro atoms. The van der Waals surface area contributed by atoms with Crippen molar-refractivity contribution in [3.63, 3.8) is 0 Å². The fourth-order valence-corrected chi connectivity index (χ4v) is 1.08. The smallest absolute Gasteiger partial charge is 0.336 e. The maximum Gasteiger partial charge on any atom is 0.336 e.